The van der Waals surface area contributed by atoms with Gasteiger partial charge >= 0.3 is 0 Å². The minimum atomic E-state index is 0.0805. The van der Waals surface area contributed by atoms with Crippen LogP contribution in [0.2, 0.25) is 0 Å². The monoisotopic (exact) mass is 403 g/mol. The molecule has 0 fully saturated rings. The Morgan fingerprint density at radius 1 is 1.10 bits per heavy atom. The van der Waals surface area contributed by atoms with E-state index in [-0.39, 0.29) is 5.91 Å². The summed E-state index contributed by atoms with van der Waals surface area (Å²) in [5, 5.41) is 13.4. The number of benzene rings is 2. The molecule has 0 saturated heterocycles. The average Bonchev–Trinajstić information content (AvgIpc) is 3.22. The van der Waals surface area contributed by atoms with Crippen LogP contribution in [0, 0.1) is 13.8 Å². The van der Waals surface area contributed by atoms with Crippen molar-refractivity contribution in [3.8, 4) is 5.75 Å². The number of hydrogen-bond acceptors (Lipinski definition) is 5. The summed E-state index contributed by atoms with van der Waals surface area (Å²) in [5.74, 6) is 0.876. The van der Waals surface area contributed by atoms with Gasteiger partial charge in [0.05, 0.1) is 12.6 Å². The quantitative estimate of drug-likeness (QED) is 0.489. The number of carbonyl (C=O) groups is 1. The van der Waals surface area contributed by atoms with Crippen LogP contribution in [0.5, 0.6) is 5.75 Å². The van der Waals surface area contributed by atoms with E-state index in [1.807, 2.05) is 36.1 Å². The highest BCUT2D eigenvalue weighted by atomic mass is 16.5. The van der Waals surface area contributed by atoms with Gasteiger partial charge in [0.1, 0.15) is 5.75 Å². The van der Waals surface area contributed by atoms with Crippen LogP contribution in [0.3, 0.4) is 0 Å². The van der Waals surface area contributed by atoms with Crippen LogP contribution in [0.1, 0.15) is 35.6 Å². The van der Waals surface area contributed by atoms with Gasteiger partial charge in [-0.1, -0.05) is 30.7 Å². The van der Waals surface area contributed by atoms with E-state index in [9.17, 15) is 4.79 Å². The molecule has 2 aromatic carbocycles. The predicted octanol–water partition coefficient (Wildman–Crippen LogP) is 3.84. The summed E-state index contributed by atoms with van der Waals surface area (Å²) in [6.07, 6.45) is 0.434. The second kappa shape index (κ2) is 8.10. The fourth-order valence-electron chi connectivity index (χ4n) is 3.91. The Kier molecular flexibility index (Phi) is 5.35. The van der Waals surface area contributed by atoms with E-state index in [0.717, 1.165) is 33.3 Å². The van der Waals surface area contributed by atoms with E-state index in [1.165, 1.54) is 5.56 Å². The van der Waals surface area contributed by atoms with Gasteiger partial charge < -0.3 is 9.64 Å². The molecule has 154 valence electrons. The number of fused-ring (bicyclic) bond motifs is 3. The normalized spacial score (nSPS) is 11.2. The van der Waals surface area contributed by atoms with Crippen molar-refractivity contribution in [2.75, 3.05) is 7.11 Å². The summed E-state index contributed by atoms with van der Waals surface area (Å²) >= 11 is 0. The highest BCUT2D eigenvalue weighted by Gasteiger charge is 2.18. The number of aromatic nitrogens is 4. The third-order valence-electron chi connectivity index (χ3n) is 5.32. The standard InChI is InChI=1S/C23H25N5O2/c1-5-21(29)27(13-17-6-8-20(30-4)9-7-17)14-19-12-18-11-15(2)10-16(3)22(18)28-23(19)24-25-26-28/h6-12H,5,13-14H2,1-4H3. The first kappa shape index (κ1) is 19.8. The highest BCUT2D eigenvalue weighted by molar-refractivity contribution is 5.86. The number of rotatable bonds is 6. The van der Waals surface area contributed by atoms with E-state index in [2.05, 4.69) is 47.6 Å². The van der Waals surface area contributed by atoms with E-state index in [1.54, 1.807) is 11.6 Å². The van der Waals surface area contributed by atoms with Gasteiger partial charge in [-0.05, 0) is 59.7 Å². The van der Waals surface area contributed by atoms with Crippen LogP contribution < -0.4 is 4.74 Å². The molecule has 0 saturated carbocycles. The summed E-state index contributed by atoms with van der Waals surface area (Å²) < 4.78 is 7.01. The van der Waals surface area contributed by atoms with Crippen molar-refractivity contribution in [2.24, 2.45) is 0 Å². The van der Waals surface area contributed by atoms with Crippen molar-refractivity contribution in [3.63, 3.8) is 0 Å². The largest absolute Gasteiger partial charge is 0.497 e. The van der Waals surface area contributed by atoms with Crippen LogP contribution >= 0.6 is 0 Å². The van der Waals surface area contributed by atoms with Gasteiger partial charge in [-0.2, -0.15) is 4.52 Å². The lowest BCUT2D eigenvalue weighted by Crippen LogP contribution is -2.29. The molecule has 4 aromatic rings. The Morgan fingerprint density at radius 2 is 1.87 bits per heavy atom. The zero-order chi connectivity index (χ0) is 21.3. The van der Waals surface area contributed by atoms with Gasteiger partial charge in [-0.25, -0.2) is 0 Å². The SMILES string of the molecule is CCC(=O)N(Cc1ccc(OC)cc1)Cc1cc2cc(C)cc(C)c2n2nnnc12. The minimum absolute atomic E-state index is 0.0805. The van der Waals surface area contributed by atoms with Crippen molar-refractivity contribution >= 4 is 22.5 Å². The summed E-state index contributed by atoms with van der Waals surface area (Å²) in [7, 11) is 1.64. The molecular weight excluding hydrogens is 378 g/mol. The summed E-state index contributed by atoms with van der Waals surface area (Å²) in [6, 6.07) is 14.1. The molecule has 0 aliphatic heterocycles. The fraction of sp³-hybridized carbons (Fsp3) is 0.304. The number of pyridine rings is 1. The van der Waals surface area contributed by atoms with Gasteiger partial charge in [0.2, 0.25) is 5.91 Å². The Morgan fingerprint density at radius 3 is 2.57 bits per heavy atom. The molecule has 30 heavy (non-hydrogen) atoms. The van der Waals surface area contributed by atoms with Gasteiger partial charge in [-0.3, -0.25) is 4.79 Å². The number of hydrogen-bond donors (Lipinski definition) is 0. The third kappa shape index (κ3) is 3.70. The maximum Gasteiger partial charge on any atom is 0.222 e. The molecule has 7 nitrogen and oxygen atoms in total. The van der Waals surface area contributed by atoms with Crippen LogP contribution in [-0.4, -0.2) is 38.0 Å². The maximum atomic E-state index is 12.7. The second-order valence-electron chi connectivity index (χ2n) is 7.55. The van der Waals surface area contributed by atoms with E-state index < -0.39 is 0 Å². The highest BCUT2D eigenvalue weighted by Crippen LogP contribution is 2.25. The minimum Gasteiger partial charge on any atom is -0.497 e. The van der Waals surface area contributed by atoms with Crippen LogP contribution in [0.25, 0.3) is 16.6 Å². The van der Waals surface area contributed by atoms with Crippen molar-refractivity contribution in [1.82, 2.24) is 24.9 Å². The third-order valence-corrected chi connectivity index (χ3v) is 5.32. The second-order valence-corrected chi connectivity index (χ2v) is 7.55. The Balaban J connectivity index is 1.74. The molecule has 1 amide bonds. The lowest BCUT2D eigenvalue weighted by molar-refractivity contribution is -0.132. The first-order valence-corrected chi connectivity index (χ1v) is 10.0. The number of methoxy groups -OCH3 is 1. The Hall–Kier alpha value is -3.48. The molecule has 0 radical (unpaired) electrons. The molecule has 0 spiro atoms. The summed E-state index contributed by atoms with van der Waals surface area (Å²) in [5.41, 5.74) is 5.94. The number of ether oxygens (including phenoxy) is 1. The Labute approximate surface area is 175 Å². The molecule has 0 N–H and O–H groups in total. The topological polar surface area (TPSA) is 72.6 Å². The van der Waals surface area contributed by atoms with Crippen molar-refractivity contribution in [3.05, 3.63) is 64.7 Å². The number of carbonyl (C=O) groups excluding carboxylic acids is 1. The average molecular weight is 403 g/mol. The number of nitrogens with zero attached hydrogens (tertiary/aromatic N) is 5. The molecule has 0 aliphatic rings. The van der Waals surface area contributed by atoms with Gasteiger partial charge in [0, 0.05) is 30.5 Å². The van der Waals surface area contributed by atoms with E-state index in [4.69, 9.17) is 4.74 Å². The number of tetrazole rings is 1. The molecule has 0 aliphatic carbocycles. The van der Waals surface area contributed by atoms with E-state index in [0.29, 0.717) is 25.2 Å². The van der Waals surface area contributed by atoms with Crippen molar-refractivity contribution in [1.29, 1.82) is 0 Å². The molecule has 2 aromatic heterocycles. The molecule has 0 atom stereocenters. The maximum absolute atomic E-state index is 12.7. The number of aryl methyl sites for hydroxylation is 2. The van der Waals surface area contributed by atoms with Gasteiger partial charge in [0.15, 0.2) is 5.65 Å². The first-order chi connectivity index (χ1) is 14.5. The van der Waals surface area contributed by atoms with Crippen LogP contribution in [0.15, 0.2) is 42.5 Å². The molecular formula is C23H25N5O2. The Bertz CT molecular complexity index is 1210. The molecule has 2 heterocycles. The zero-order valence-corrected chi connectivity index (χ0v) is 17.7. The predicted molar refractivity (Wildman–Crippen MR) is 115 cm³/mol. The molecule has 7 heteroatoms. The molecule has 4 rings (SSSR count). The van der Waals surface area contributed by atoms with Crippen LogP contribution in [-0.2, 0) is 17.9 Å². The van der Waals surface area contributed by atoms with Crippen molar-refractivity contribution in [2.45, 2.75) is 40.3 Å². The molecule has 0 unspecified atom stereocenters. The van der Waals surface area contributed by atoms with Crippen LogP contribution in [0.4, 0.5) is 0 Å². The lowest BCUT2D eigenvalue weighted by Gasteiger charge is -2.23. The van der Waals surface area contributed by atoms with E-state index >= 15 is 0 Å². The first-order valence-electron chi connectivity index (χ1n) is 10.0. The molecule has 0 bridgehead atoms. The summed E-state index contributed by atoms with van der Waals surface area (Å²) in [4.78, 5) is 14.6. The van der Waals surface area contributed by atoms with Crippen molar-refractivity contribution < 1.29 is 9.53 Å². The number of amides is 1. The smallest absolute Gasteiger partial charge is 0.222 e. The fourth-order valence-corrected chi connectivity index (χ4v) is 3.91. The van der Waals surface area contributed by atoms with Gasteiger partial charge in [-0.15, -0.1) is 5.10 Å². The summed E-state index contributed by atoms with van der Waals surface area (Å²) in [6.45, 7) is 6.96. The lowest BCUT2D eigenvalue weighted by atomic mass is 10.0. The zero-order valence-electron chi connectivity index (χ0n) is 17.7. The van der Waals surface area contributed by atoms with Gasteiger partial charge in [0.25, 0.3) is 0 Å².